The summed E-state index contributed by atoms with van der Waals surface area (Å²) in [5.41, 5.74) is 0.605. The Morgan fingerprint density at radius 1 is 1.20 bits per heavy atom. The van der Waals surface area contributed by atoms with Crippen molar-refractivity contribution in [1.82, 2.24) is 0 Å². The number of ether oxygens (including phenoxy) is 1. The molecule has 0 aliphatic rings. The van der Waals surface area contributed by atoms with Crippen LogP contribution in [0.3, 0.4) is 0 Å². The fraction of sp³-hybridized carbons (Fsp3) is 0.143. The third kappa shape index (κ3) is 4.68. The van der Waals surface area contributed by atoms with Crippen molar-refractivity contribution in [2.45, 2.75) is 6.42 Å². The third-order valence-corrected chi connectivity index (χ3v) is 3.52. The zero-order valence-corrected chi connectivity index (χ0v) is 12.0. The number of nitrogens with one attached hydrogen (secondary N) is 1. The Balaban J connectivity index is 1.74. The monoisotopic (exact) mass is 309 g/mol. The second-order valence-electron chi connectivity index (χ2n) is 3.97. The Kier molecular flexibility index (Phi) is 5.15. The molecule has 104 valence electrons. The molecule has 1 heterocycles. The highest BCUT2D eigenvalue weighted by Crippen LogP contribution is 2.13. The first-order chi connectivity index (χ1) is 9.63. The van der Waals surface area contributed by atoms with Crippen molar-refractivity contribution in [3.8, 4) is 0 Å². The van der Waals surface area contributed by atoms with E-state index in [4.69, 9.17) is 16.3 Å². The van der Waals surface area contributed by atoms with E-state index >= 15 is 0 Å². The molecule has 0 aliphatic carbocycles. The number of halogens is 1. The topological polar surface area (TPSA) is 55.4 Å². The highest BCUT2D eigenvalue weighted by molar-refractivity contribution is 7.10. The summed E-state index contributed by atoms with van der Waals surface area (Å²) in [4.78, 5) is 24.0. The van der Waals surface area contributed by atoms with Gasteiger partial charge in [-0.3, -0.25) is 9.59 Å². The van der Waals surface area contributed by atoms with Crippen molar-refractivity contribution in [2.24, 2.45) is 0 Å². The van der Waals surface area contributed by atoms with Crippen molar-refractivity contribution in [3.63, 3.8) is 0 Å². The highest BCUT2D eigenvalue weighted by atomic mass is 35.5. The zero-order chi connectivity index (χ0) is 14.4. The number of thiophene rings is 1. The van der Waals surface area contributed by atoms with E-state index in [0.717, 1.165) is 4.88 Å². The number of rotatable bonds is 5. The SMILES string of the molecule is O=C(COC(=O)Cc1cccs1)Nc1ccc(Cl)cc1. The number of benzene rings is 1. The Morgan fingerprint density at radius 2 is 1.95 bits per heavy atom. The van der Waals surface area contributed by atoms with Crippen LogP contribution in [0.15, 0.2) is 41.8 Å². The van der Waals surface area contributed by atoms with Crippen LogP contribution in [0.1, 0.15) is 4.88 Å². The molecule has 0 radical (unpaired) electrons. The Bertz CT molecular complexity index is 581. The maximum atomic E-state index is 11.6. The van der Waals surface area contributed by atoms with Crippen LogP contribution in [-0.4, -0.2) is 18.5 Å². The molecule has 0 spiro atoms. The molecule has 1 aromatic carbocycles. The molecule has 0 fully saturated rings. The van der Waals surface area contributed by atoms with Gasteiger partial charge in [-0.05, 0) is 35.7 Å². The number of amides is 1. The van der Waals surface area contributed by atoms with Crippen LogP contribution >= 0.6 is 22.9 Å². The van der Waals surface area contributed by atoms with E-state index in [2.05, 4.69) is 5.32 Å². The van der Waals surface area contributed by atoms with Gasteiger partial charge in [-0.15, -0.1) is 11.3 Å². The van der Waals surface area contributed by atoms with E-state index < -0.39 is 5.97 Å². The lowest BCUT2D eigenvalue weighted by Crippen LogP contribution is -2.21. The largest absolute Gasteiger partial charge is 0.455 e. The molecular formula is C14H12ClNO3S. The lowest BCUT2D eigenvalue weighted by atomic mass is 10.3. The Hall–Kier alpha value is -1.85. The van der Waals surface area contributed by atoms with Crippen LogP contribution in [0.25, 0.3) is 0 Å². The van der Waals surface area contributed by atoms with Crippen molar-refractivity contribution >= 4 is 40.5 Å². The maximum absolute atomic E-state index is 11.6. The fourth-order valence-corrected chi connectivity index (χ4v) is 2.30. The van der Waals surface area contributed by atoms with Crippen LogP contribution in [-0.2, 0) is 20.7 Å². The summed E-state index contributed by atoms with van der Waals surface area (Å²) in [7, 11) is 0. The number of carbonyl (C=O) groups is 2. The summed E-state index contributed by atoms with van der Waals surface area (Å²) in [6.07, 6.45) is 0.186. The number of hydrogen-bond acceptors (Lipinski definition) is 4. The smallest absolute Gasteiger partial charge is 0.311 e. The first-order valence-electron chi connectivity index (χ1n) is 5.87. The molecule has 0 atom stereocenters. The molecule has 1 N–H and O–H groups in total. The summed E-state index contributed by atoms with van der Waals surface area (Å²) in [6.45, 7) is -0.299. The van der Waals surface area contributed by atoms with Gasteiger partial charge < -0.3 is 10.1 Å². The van der Waals surface area contributed by atoms with Gasteiger partial charge in [0, 0.05) is 15.6 Å². The van der Waals surface area contributed by atoms with E-state index in [9.17, 15) is 9.59 Å². The predicted molar refractivity (Wildman–Crippen MR) is 79.1 cm³/mol. The number of anilines is 1. The highest BCUT2D eigenvalue weighted by Gasteiger charge is 2.09. The quantitative estimate of drug-likeness (QED) is 0.863. The third-order valence-electron chi connectivity index (χ3n) is 2.39. The number of carbonyl (C=O) groups excluding carboxylic acids is 2. The lowest BCUT2D eigenvalue weighted by Gasteiger charge is -2.06. The maximum Gasteiger partial charge on any atom is 0.311 e. The summed E-state index contributed by atoms with van der Waals surface area (Å²) >= 11 is 7.21. The minimum atomic E-state index is -0.418. The van der Waals surface area contributed by atoms with Crippen molar-refractivity contribution in [3.05, 3.63) is 51.7 Å². The molecule has 0 saturated heterocycles. The molecule has 20 heavy (non-hydrogen) atoms. The number of esters is 1. The van der Waals surface area contributed by atoms with Crippen molar-refractivity contribution < 1.29 is 14.3 Å². The van der Waals surface area contributed by atoms with E-state index in [0.29, 0.717) is 10.7 Å². The molecule has 6 heteroatoms. The summed E-state index contributed by atoms with van der Waals surface area (Å²) in [6, 6.07) is 10.4. The van der Waals surface area contributed by atoms with E-state index in [1.54, 1.807) is 24.3 Å². The lowest BCUT2D eigenvalue weighted by molar-refractivity contribution is -0.146. The van der Waals surface area contributed by atoms with Crippen LogP contribution in [0.4, 0.5) is 5.69 Å². The molecule has 0 bridgehead atoms. The standard InChI is InChI=1S/C14H12ClNO3S/c15-10-3-5-11(6-4-10)16-13(17)9-19-14(18)8-12-2-1-7-20-12/h1-7H,8-9H2,(H,16,17). The van der Waals surface area contributed by atoms with E-state index in [1.165, 1.54) is 11.3 Å². The molecule has 2 rings (SSSR count). The minimum absolute atomic E-state index is 0.186. The van der Waals surface area contributed by atoms with Gasteiger partial charge >= 0.3 is 5.97 Å². The fourth-order valence-electron chi connectivity index (χ4n) is 1.48. The minimum Gasteiger partial charge on any atom is -0.455 e. The molecule has 1 amide bonds. The average Bonchev–Trinajstić information content (AvgIpc) is 2.92. The summed E-state index contributed by atoms with van der Waals surface area (Å²) in [5, 5.41) is 5.08. The van der Waals surface area contributed by atoms with Gasteiger partial charge in [-0.25, -0.2) is 0 Å². The van der Waals surface area contributed by atoms with Gasteiger partial charge in [0.2, 0.25) is 0 Å². The number of hydrogen-bond donors (Lipinski definition) is 1. The van der Waals surface area contributed by atoms with Crippen LogP contribution in [0, 0.1) is 0 Å². The van der Waals surface area contributed by atoms with Crippen LogP contribution in [0.2, 0.25) is 5.02 Å². The van der Waals surface area contributed by atoms with Crippen LogP contribution < -0.4 is 5.32 Å². The predicted octanol–water partition coefficient (Wildman–Crippen LogP) is 3.13. The van der Waals surface area contributed by atoms with Gasteiger partial charge in [0.05, 0.1) is 6.42 Å². The first-order valence-corrected chi connectivity index (χ1v) is 7.12. The first kappa shape index (κ1) is 14.6. The molecule has 0 unspecified atom stereocenters. The Labute approximate surface area is 125 Å². The van der Waals surface area contributed by atoms with Gasteiger partial charge in [-0.2, -0.15) is 0 Å². The van der Waals surface area contributed by atoms with Gasteiger partial charge in [0.25, 0.3) is 5.91 Å². The van der Waals surface area contributed by atoms with Gasteiger partial charge in [0.15, 0.2) is 6.61 Å². The zero-order valence-electron chi connectivity index (χ0n) is 10.5. The summed E-state index contributed by atoms with van der Waals surface area (Å²) in [5.74, 6) is -0.800. The van der Waals surface area contributed by atoms with Crippen molar-refractivity contribution in [1.29, 1.82) is 0 Å². The average molecular weight is 310 g/mol. The molecule has 2 aromatic rings. The molecule has 1 aromatic heterocycles. The van der Waals surface area contributed by atoms with Gasteiger partial charge in [-0.1, -0.05) is 17.7 Å². The molecule has 4 nitrogen and oxygen atoms in total. The molecular weight excluding hydrogens is 298 g/mol. The van der Waals surface area contributed by atoms with Crippen LogP contribution in [0.5, 0.6) is 0 Å². The van der Waals surface area contributed by atoms with E-state index in [1.807, 2.05) is 17.5 Å². The second-order valence-corrected chi connectivity index (χ2v) is 5.44. The second kappa shape index (κ2) is 7.07. The van der Waals surface area contributed by atoms with Gasteiger partial charge in [0.1, 0.15) is 0 Å². The van der Waals surface area contributed by atoms with E-state index in [-0.39, 0.29) is 18.9 Å². The molecule has 0 saturated carbocycles. The normalized spacial score (nSPS) is 10.1. The Morgan fingerprint density at radius 3 is 2.60 bits per heavy atom. The molecule has 0 aliphatic heterocycles. The van der Waals surface area contributed by atoms with Crippen molar-refractivity contribution in [2.75, 3.05) is 11.9 Å². The summed E-state index contributed by atoms with van der Waals surface area (Å²) < 4.78 is 4.90.